The van der Waals surface area contributed by atoms with Gasteiger partial charge in [-0.2, -0.15) is 5.10 Å². The summed E-state index contributed by atoms with van der Waals surface area (Å²) in [5, 5.41) is 4.06. The van der Waals surface area contributed by atoms with Crippen molar-refractivity contribution in [1.29, 1.82) is 0 Å². The number of hydrogen-bond acceptors (Lipinski definition) is 3. The number of amides is 1. The minimum Gasteiger partial charge on any atom is -0.366 e. The number of rotatable bonds is 4. The van der Waals surface area contributed by atoms with E-state index in [0.717, 1.165) is 24.1 Å². The summed E-state index contributed by atoms with van der Waals surface area (Å²) in [6.45, 7) is 12.0. The molecule has 0 saturated heterocycles. The number of fused-ring (bicyclic) bond motifs is 1. The van der Waals surface area contributed by atoms with Crippen molar-refractivity contribution in [2.24, 2.45) is 5.10 Å². The lowest BCUT2D eigenvalue weighted by molar-refractivity contribution is 0.0951. The van der Waals surface area contributed by atoms with Gasteiger partial charge in [0.1, 0.15) is 5.82 Å². The van der Waals surface area contributed by atoms with Gasteiger partial charge in [0.25, 0.3) is 5.91 Å². The molecule has 2 aromatic rings. The van der Waals surface area contributed by atoms with E-state index < -0.39 is 11.7 Å². The number of carbonyl (C=O) groups is 1. The van der Waals surface area contributed by atoms with Crippen LogP contribution < -0.4 is 10.3 Å². The van der Waals surface area contributed by atoms with Crippen LogP contribution in [0, 0.1) is 12.7 Å². The van der Waals surface area contributed by atoms with Crippen molar-refractivity contribution in [2.75, 3.05) is 11.4 Å². The molecule has 1 heterocycles. The zero-order valence-electron chi connectivity index (χ0n) is 17.2. The van der Waals surface area contributed by atoms with Crippen molar-refractivity contribution in [3.05, 3.63) is 64.5 Å². The maximum absolute atomic E-state index is 13.7. The summed E-state index contributed by atoms with van der Waals surface area (Å²) < 4.78 is 13.7. The molecule has 0 bridgehead atoms. The summed E-state index contributed by atoms with van der Waals surface area (Å²) in [5.41, 5.74) is 7.14. The van der Waals surface area contributed by atoms with Crippen molar-refractivity contribution in [3.63, 3.8) is 0 Å². The van der Waals surface area contributed by atoms with Gasteiger partial charge in [0.15, 0.2) is 0 Å². The van der Waals surface area contributed by atoms with Crippen molar-refractivity contribution in [3.8, 4) is 0 Å². The molecule has 148 valence electrons. The number of nitrogens with one attached hydrogen (secondary N) is 1. The monoisotopic (exact) mass is 381 g/mol. The Hall–Kier alpha value is -2.69. The minimum absolute atomic E-state index is 0.0174. The topological polar surface area (TPSA) is 44.7 Å². The summed E-state index contributed by atoms with van der Waals surface area (Å²) >= 11 is 0. The zero-order valence-corrected chi connectivity index (χ0v) is 17.2. The van der Waals surface area contributed by atoms with Gasteiger partial charge in [-0.15, -0.1) is 0 Å². The molecule has 0 aliphatic carbocycles. The van der Waals surface area contributed by atoms with E-state index in [1.807, 2.05) is 6.92 Å². The number of anilines is 1. The molecule has 4 nitrogen and oxygen atoms in total. The second kappa shape index (κ2) is 7.74. The molecule has 0 unspecified atom stereocenters. The van der Waals surface area contributed by atoms with E-state index in [1.165, 1.54) is 23.4 Å². The third-order valence-electron chi connectivity index (χ3n) is 5.58. The van der Waals surface area contributed by atoms with Crippen LogP contribution in [-0.4, -0.2) is 24.2 Å². The van der Waals surface area contributed by atoms with Crippen LogP contribution in [0.25, 0.3) is 0 Å². The van der Waals surface area contributed by atoms with Crippen molar-refractivity contribution >= 4 is 17.8 Å². The van der Waals surface area contributed by atoms with Crippen LogP contribution in [0.15, 0.2) is 41.5 Å². The van der Waals surface area contributed by atoms with E-state index in [-0.39, 0.29) is 11.1 Å². The average molecular weight is 381 g/mol. The maximum atomic E-state index is 13.7. The summed E-state index contributed by atoms with van der Waals surface area (Å²) in [6.07, 6.45) is 2.72. The molecular weight excluding hydrogens is 353 g/mol. The number of carbonyl (C=O) groups excluding carboxylic acids is 1. The predicted molar refractivity (Wildman–Crippen MR) is 113 cm³/mol. The molecule has 0 fully saturated rings. The molecule has 0 radical (unpaired) electrons. The number of hydrazone groups is 1. The molecular formula is C23H28FN3O. The van der Waals surface area contributed by atoms with E-state index in [1.54, 1.807) is 18.3 Å². The van der Waals surface area contributed by atoms with Crippen LogP contribution in [0.4, 0.5) is 10.1 Å². The fraction of sp³-hybridized carbons (Fsp3) is 0.391. The van der Waals surface area contributed by atoms with E-state index in [4.69, 9.17) is 0 Å². The molecule has 0 spiro atoms. The lowest BCUT2D eigenvalue weighted by Crippen LogP contribution is -2.48. The first-order chi connectivity index (χ1) is 13.2. The van der Waals surface area contributed by atoms with Crippen molar-refractivity contribution in [2.45, 2.75) is 52.5 Å². The highest BCUT2D eigenvalue weighted by molar-refractivity contribution is 5.95. The fourth-order valence-corrected chi connectivity index (χ4v) is 4.25. The average Bonchev–Trinajstić information content (AvgIpc) is 2.62. The number of aryl methyl sites for hydroxylation is 1. The molecule has 28 heavy (non-hydrogen) atoms. The van der Waals surface area contributed by atoms with Crippen LogP contribution in [0.1, 0.15) is 67.1 Å². The predicted octanol–water partition coefficient (Wildman–Crippen LogP) is 5.01. The first-order valence-corrected chi connectivity index (χ1v) is 9.74. The second-order valence-electron chi connectivity index (χ2n) is 8.11. The number of hydrogen-bond donors (Lipinski definition) is 1. The molecule has 1 amide bonds. The quantitative estimate of drug-likeness (QED) is 0.598. The molecule has 0 aromatic heterocycles. The Morgan fingerprint density at radius 1 is 1.36 bits per heavy atom. The standard InChI is InChI=1S/C23H28FN3O/c1-6-27-21-11-15(2)17(12-19(21)16(3)13-23(27,4)5)14-25-26-22(28)18-9-7-8-10-20(18)24/h7-12,14,16H,6,13H2,1-5H3,(H,26,28)/b25-14-/t16-/m0/s1. The lowest BCUT2D eigenvalue weighted by atomic mass is 9.79. The zero-order chi connectivity index (χ0) is 20.5. The van der Waals surface area contributed by atoms with Gasteiger partial charge in [-0.25, -0.2) is 9.82 Å². The first kappa shape index (κ1) is 20.1. The van der Waals surface area contributed by atoms with Gasteiger partial charge >= 0.3 is 0 Å². The van der Waals surface area contributed by atoms with Gasteiger partial charge in [0.2, 0.25) is 0 Å². The molecule has 1 atom stereocenters. The molecule has 1 aliphatic heterocycles. The van der Waals surface area contributed by atoms with Gasteiger partial charge in [-0.3, -0.25) is 4.79 Å². The molecule has 2 aromatic carbocycles. The van der Waals surface area contributed by atoms with Crippen LogP contribution in [0.5, 0.6) is 0 Å². The SMILES string of the molecule is CCN1c2cc(C)c(/C=N\NC(=O)c3ccccc3F)cc2[C@@H](C)CC1(C)C. The molecule has 1 N–H and O–H groups in total. The van der Waals surface area contributed by atoms with E-state index in [9.17, 15) is 9.18 Å². The van der Waals surface area contributed by atoms with Gasteiger partial charge in [-0.1, -0.05) is 19.1 Å². The lowest BCUT2D eigenvalue weighted by Gasteiger charge is -2.47. The van der Waals surface area contributed by atoms with Crippen LogP contribution in [0.3, 0.4) is 0 Å². The first-order valence-electron chi connectivity index (χ1n) is 9.74. The Kier molecular flexibility index (Phi) is 5.54. The summed E-state index contributed by atoms with van der Waals surface area (Å²) in [5.74, 6) is -0.679. The fourth-order valence-electron chi connectivity index (χ4n) is 4.25. The Balaban J connectivity index is 1.84. The van der Waals surface area contributed by atoms with Crippen molar-refractivity contribution in [1.82, 2.24) is 5.43 Å². The second-order valence-corrected chi connectivity index (χ2v) is 8.11. The van der Waals surface area contributed by atoms with Gasteiger partial charge in [0.05, 0.1) is 11.8 Å². The molecule has 0 saturated carbocycles. The summed E-state index contributed by atoms with van der Waals surface area (Å²) in [4.78, 5) is 14.6. The number of halogens is 1. The molecule has 1 aliphatic rings. The van der Waals surface area contributed by atoms with Gasteiger partial charge in [-0.05, 0) is 81.0 Å². The smallest absolute Gasteiger partial charge is 0.274 e. The largest absolute Gasteiger partial charge is 0.366 e. The highest BCUT2D eigenvalue weighted by atomic mass is 19.1. The Morgan fingerprint density at radius 2 is 2.07 bits per heavy atom. The summed E-state index contributed by atoms with van der Waals surface area (Å²) in [6, 6.07) is 10.2. The molecule has 5 heteroatoms. The highest BCUT2D eigenvalue weighted by Gasteiger charge is 2.35. The maximum Gasteiger partial charge on any atom is 0.274 e. The third-order valence-corrected chi connectivity index (χ3v) is 5.58. The van der Waals surface area contributed by atoms with E-state index in [2.05, 4.69) is 55.3 Å². The van der Waals surface area contributed by atoms with Crippen LogP contribution in [0.2, 0.25) is 0 Å². The highest BCUT2D eigenvalue weighted by Crippen LogP contribution is 2.43. The Bertz CT molecular complexity index is 920. The van der Waals surface area contributed by atoms with Crippen LogP contribution in [-0.2, 0) is 0 Å². The molecule has 3 rings (SSSR count). The summed E-state index contributed by atoms with van der Waals surface area (Å²) in [7, 11) is 0. The minimum atomic E-state index is -0.559. The van der Waals surface area contributed by atoms with Gasteiger partial charge in [0, 0.05) is 17.8 Å². The van der Waals surface area contributed by atoms with Gasteiger partial charge < -0.3 is 4.90 Å². The number of benzene rings is 2. The van der Waals surface area contributed by atoms with E-state index in [0.29, 0.717) is 5.92 Å². The normalized spacial score (nSPS) is 18.2. The third kappa shape index (κ3) is 3.79. The van der Waals surface area contributed by atoms with E-state index >= 15 is 0 Å². The number of nitrogens with zero attached hydrogens (tertiary/aromatic N) is 2. The Labute approximate surface area is 166 Å². The Morgan fingerprint density at radius 3 is 2.75 bits per heavy atom. The van der Waals surface area contributed by atoms with Crippen molar-refractivity contribution < 1.29 is 9.18 Å². The van der Waals surface area contributed by atoms with Crippen LogP contribution >= 0.6 is 0 Å².